The highest BCUT2D eigenvalue weighted by molar-refractivity contribution is 4.96. The summed E-state index contributed by atoms with van der Waals surface area (Å²) in [6.07, 6.45) is 1.11. The zero-order valence-corrected chi connectivity index (χ0v) is 9.37. The number of nitrogens with two attached hydrogens (primary N) is 1. The molecule has 0 aliphatic heterocycles. The van der Waals surface area contributed by atoms with Gasteiger partial charge in [-0.1, -0.05) is 20.8 Å². The van der Waals surface area contributed by atoms with Gasteiger partial charge in [-0.25, -0.2) is 8.78 Å². The smallest absolute Gasteiger partial charge is 0.248 e. The van der Waals surface area contributed by atoms with Crippen molar-refractivity contribution in [3.63, 3.8) is 0 Å². The van der Waals surface area contributed by atoms with Crippen molar-refractivity contribution >= 4 is 0 Å². The van der Waals surface area contributed by atoms with E-state index in [-0.39, 0.29) is 23.7 Å². The molecule has 0 atom stereocenters. The molecule has 0 amide bonds. The van der Waals surface area contributed by atoms with Crippen molar-refractivity contribution in [2.75, 3.05) is 6.54 Å². The number of hydrogen-bond donors (Lipinski definition) is 1. The zero-order chi connectivity index (χ0) is 11.0. The van der Waals surface area contributed by atoms with Crippen LogP contribution in [-0.2, 0) is 0 Å². The van der Waals surface area contributed by atoms with Crippen molar-refractivity contribution in [2.24, 2.45) is 16.6 Å². The second kappa shape index (κ2) is 3.44. The van der Waals surface area contributed by atoms with E-state index < -0.39 is 5.92 Å². The van der Waals surface area contributed by atoms with E-state index in [1.807, 2.05) is 0 Å². The maximum absolute atomic E-state index is 13.0. The van der Waals surface area contributed by atoms with Gasteiger partial charge in [0.2, 0.25) is 5.92 Å². The molecule has 0 aromatic carbocycles. The fourth-order valence-electron chi connectivity index (χ4n) is 2.35. The molecule has 3 heteroatoms. The van der Waals surface area contributed by atoms with Gasteiger partial charge in [0, 0.05) is 12.8 Å². The van der Waals surface area contributed by atoms with Gasteiger partial charge in [0.15, 0.2) is 0 Å². The van der Waals surface area contributed by atoms with Crippen molar-refractivity contribution in [2.45, 2.75) is 52.4 Å². The molecule has 1 fully saturated rings. The molecule has 0 spiro atoms. The Balaban J connectivity index is 2.77. The first-order valence-corrected chi connectivity index (χ1v) is 5.30. The molecule has 1 rings (SSSR count). The highest BCUT2D eigenvalue weighted by Gasteiger charge is 2.48. The minimum absolute atomic E-state index is 0.00146. The topological polar surface area (TPSA) is 26.0 Å². The van der Waals surface area contributed by atoms with Gasteiger partial charge >= 0.3 is 0 Å². The molecule has 14 heavy (non-hydrogen) atoms. The molecular weight excluding hydrogens is 184 g/mol. The van der Waals surface area contributed by atoms with Gasteiger partial charge in [-0.2, -0.15) is 0 Å². The summed E-state index contributed by atoms with van der Waals surface area (Å²) in [4.78, 5) is 0. The standard InChI is InChI=1S/C11H21F2N/c1-9(2,3)10(8-14)4-6-11(12,13)7-5-10/h4-8,14H2,1-3H3. The van der Waals surface area contributed by atoms with Gasteiger partial charge in [-0.05, 0) is 30.2 Å². The molecule has 2 N–H and O–H groups in total. The van der Waals surface area contributed by atoms with E-state index in [2.05, 4.69) is 20.8 Å². The summed E-state index contributed by atoms with van der Waals surface area (Å²) < 4.78 is 26.1. The number of halogens is 2. The summed E-state index contributed by atoms with van der Waals surface area (Å²) >= 11 is 0. The van der Waals surface area contributed by atoms with Gasteiger partial charge in [0.1, 0.15) is 0 Å². The van der Waals surface area contributed by atoms with Crippen LogP contribution in [0.15, 0.2) is 0 Å². The molecule has 0 radical (unpaired) electrons. The quantitative estimate of drug-likeness (QED) is 0.699. The van der Waals surface area contributed by atoms with Crippen LogP contribution in [-0.4, -0.2) is 12.5 Å². The third-order valence-corrected chi connectivity index (χ3v) is 3.92. The average Bonchev–Trinajstić information content (AvgIpc) is 2.03. The van der Waals surface area contributed by atoms with E-state index >= 15 is 0 Å². The molecule has 1 saturated carbocycles. The Hall–Kier alpha value is -0.180. The number of alkyl halides is 2. The van der Waals surface area contributed by atoms with Crippen LogP contribution in [0.3, 0.4) is 0 Å². The Morgan fingerprint density at radius 3 is 1.79 bits per heavy atom. The van der Waals surface area contributed by atoms with E-state index in [1.54, 1.807) is 0 Å². The highest BCUT2D eigenvalue weighted by Crippen LogP contribution is 2.52. The van der Waals surface area contributed by atoms with Gasteiger partial charge < -0.3 is 5.73 Å². The van der Waals surface area contributed by atoms with Crippen LogP contribution in [0.1, 0.15) is 46.5 Å². The lowest BCUT2D eigenvalue weighted by molar-refractivity contribution is -0.0912. The third kappa shape index (κ3) is 2.08. The van der Waals surface area contributed by atoms with Crippen LogP contribution < -0.4 is 5.73 Å². The first-order chi connectivity index (χ1) is 6.22. The fourth-order valence-corrected chi connectivity index (χ4v) is 2.35. The lowest BCUT2D eigenvalue weighted by Gasteiger charge is -2.48. The van der Waals surface area contributed by atoms with E-state index in [4.69, 9.17) is 5.73 Å². The predicted octanol–water partition coefficient (Wildman–Crippen LogP) is 3.19. The van der Waals surface area contributed by atoms with Crippen molar-refractivity contribution in [3.05, 3.63) is 0 Å². The van der Waals surface area contributed by atoms with Crippen LogP contribution in [0, 0.1) is 10.8 Å². The van der Waals surface area contributed by atoms with Crippen molar-refractivity contribution in [1.82, 2.24) is 0 Å². The summed E-state index contributed by atoms with van der Waals surface area (Å²) in [6, 6.07) is 0. The summed E-state index contributed by atoms with van der Waals surface area (Å²) in [5.41, 5.74) is 5.71. The number of hydrogen-bond acceptors (Lipinski definition) is 1. The van der Waals surface area contributed by atoms with Crippen molar-refractivity contribution in [1.29, 1.82) is 0 Å². The molecule has 1 aliphatic carbocycles. The summed E-state index contributed by atoms with van der Waals surface area (Å²) in [7, 11) is 0. The zero-order valence-electron chi connectivity index (χ0n) is 9.37. The monoisotopic (exact) mass is 205 g/mol. The SMILES string of the molecule is CC(C)(C)C1(CN)CCC(F)(F)CC1. The second-order valence-electron chi connectivity index (χ2n) is 5.59. The largest absolute Gasteiger partial charge is 0.330 e. The Bertz CT molecular complexity index is 196. The van der Waals surface area contributed by atoms with Gasteiger partial charge in [-0.15, -0.1) is 0 Å². The average molecular weight is 205 g/mol. The maximum atomic E-state index is 13.0. The summed E-state index contributed by atoms with van der Waals surface area (Å²) in [6.45, 7) is 6.82. The van der Waals surface area contributed by atoms with Gasteiger partial charge in [0.05, 0.1) is 0 Å². The van der Waals surface area contributed by atoms with E-state index in [9.17, 15) is 8.78 Å². The number of rotatable bonds is 1. The molecule has 0 unspecified atom stereocenters. The third-order valence-electron chi connectivity index (χ3n) is 3.92. The van der Waals surface area contributed by atoms with E-state index in [0.717, 1.165) is 0 Å². The van der Waals surface area contributed by atoms with Gasteiger partial charge in [-0.3, -0.25) is 0 Å². The van der Waals surface area contributed by atoms with Crippen LogP contribution in [0.4, 0.5) is 8.78 Å². The van der Waals surface area contributed by atoms with Crippen LogP contribution in [0.2, 0.25) is 0 Å². The van der Waals surface area contributed by atoms with Crippen LogP contribution in [0.25, 0.3) is 0 Å². The molecule has 0 aromatic rings. The Morgan fingerprint density at radius 2 is 1.50 bits per heavy atom. The van der Waals surface area contributed by atoms with Gasteiger partial charge in [0.25, 0.3) is 0 Å². The van der Waals surface area contributed by atoms with E-state index in [1.165, 1.54) is 0 Å². The molecule has 0 saturated heterocycles. The molecular formula is C11H21F2N. The van der Waals surface area contributed by atoms with Crippen LogP contribution >= 0.6 is 0 Å². The maximum Gasteiger partial charge on any atom is 0.248 e. The lowest BCUT2D eigenvalue weighted by Crippen LogP contribution is -2.47. The second-order valence-corrected chi connectivity index (χ2v) is 5.59. The summed E-state index contributed by atoms with van der Waals surface area (Å²) in [5.74, 6) is -2.45. The molecule has 0 aromatic heterocycles. The lowest BCUT2D eigenvalue weighted by atomic mass is 9.59. The Labute approximate surface area is 85.1 Å². The minimum atomic E-state index is -2.45. The molecule has 0 heterocycles. The molecule has 84 valence electrons. The Kier molecular flexibility index (Phi) is 2.92. The normalized spacial score (nSPS) is 26.1. The Morgan fingerprint density at radius 1 is 1.07 bits per heavy atom. The molecule has 1 nitrogen and oxygen atoms in total. The highest BCUT2D eigenvalue weighted by atomic mass is 19.3. The van der Waals surface area contributed by atoms with E-state index in [0.29, 0.717) is 19.4 Å². The first-order valence-electron chi connectivity index (χ1n) is 5.30. The minimum Gasteiger partial charge on any atom is -0.330 e. The van der Waals surface area contributed by atoms with Crippen molar-refractivity contribution < 1.29 is 8.78 Å². The molecule has 1 aliphatic rings. The fraction of sp³-hybridized carbons (Fsp3) is 1.00. The van der Waals surface area contributed by atoms with Crippen LogP contribution in [0.5, 0.6) is 0 Å². The summed E-state index contributed by atoms with van der Waals surface area (Å²) in [5, 5.41) is 0. The van der Waals surface area contributed by atoms with Crippen molar-refractivity contribution in [3.8, 4) is 0 Å². The first kappa shape index (κ1) is 11.9. The predicted molar refractivity (Wildman–Crippen MR) is 54.4 cm³/mol. The molecule has 0 bridgehead atoms.